The largest absolute Gasteiger partial charge is 0.369 e. The van der Waals surface area contributed by atoms with E-state index in [0.29, 0.717) is 0 Å². The smallest absolute Gasteiger partial charge is 0.0369 e. The fraction of sp³-hybridized carbons (Fsp3) is 0.600. The van der Waals surface area contributed by atoms with Crippen LogP contribution < -0.4 is 10.2 Å². The third-order valence-corrected chi connectivity index (χ3v) is 4.08. The molecule has 1 aromatic rings. The highest BCUT2D eigenvalue weighted by atomic mass is 15.2. The molecule has 17 heavy (non-hydrogen) atoms. The molecule has 0 spiro atoms. The van der Waals surface area contributed by atoms with E-state index < -0.39 is 0 Å². The van der Waals surface area contributed by atoms with Gasteiger partial charge in [0.2, 0.25) is 0 Å². The second-order valence-electron chi connectivity index (χ2n) is 5.37. The second kappa shape index (κ2) is 4.69. The highest BCUT2D eigenvalue weighted by Gasteiger charge is 2.33. The first-order valence-corrected chi connectivity index (χ1v) is 6.94. The Morgan fingerprint density at radius 1 is 1.35 bits per heavy atom. The van der Waals surface area contributed by atoms with Gasteiger partial charge in [-0.25, -0.2) is 0 Å². The molecule has 1 N–H and O–H groups in total. The highest BCUT2D eigenvalue weighted by molar-refractivity contribution is 5.49. The van der Waals surface area contributed by atoms with Gasteiger partial charge in [0.1, 0.15) is 0 Å². The van der Waals surface area contributed by atoms with Gasteiger partial charge in [-0.05, 0) is 42.9 Å². The standard InChI is InChI=1S/C15H22N2/c1-2-12-4-3-5-14(10-12)17-9-8-16-15(11-17)13-6-7-13/h3-5,10,13,15-16H,2,6-9,11H2,1H3. The Balaban J connectivity index is 1.73. The lowest BCUT2D eigenvalue weighted by molar-refractivity contribution is 0.419. The molecule has 0 bridgehead atoms. The van der Waals surface area contributed by atoms with Gasteiger partial charge in [0, 0.05) is 31.4 Å². The van der Waals surface area contributed by atoms with Gasteiger partial charge in [0.05, 0.1) is 0 Å². The van der Waals surface area contributed by atoms with Gasteiger partial charge < -0.3 is 10.2 Å². The van der Waals surface area contributed by atoms with Gasteiger partial charge in [0.25, 0.3) is 0 Å². The topological polar surface area (TPSA) is 15.3 Å². The van der Waals surface area contributed by atoms with E-state index >= 15 is 0 Å². The van der Waals surface area contributed by atoms with E-state index in [9.17, 15) is 0 Å². The molecule has 1 aromatic carbocycles. The van der Waals surface area contributed by atoms with Crippen molar-refractivity contribution in [2.75, 3.05) is 24.5 Å². The molecule has 1 aliphatic carbocycles. The van der Waals surface area contributed by atoms with Crippen molar-refractivity contribution in [1.82, 2.24) is 5.32 Å². The number of hydrogen-bond donors (Lipinski definition) is 1. The Morgan fingerprint density at radius 2 is 2.24 bits per heavy atom. The van der Waals surface area contributed by atoms with Crippen molar-refractivity contribution in [2.45, 2.75) is 32.2 Å². The maximum atomic E-state index is 3.67. The first-order chi connectivity index (χ1) is 8.36. The van der Waals surface area contributed by atoms with Gasteiger partial charge in [-0.2, -0.15) is 0 Å². The number of benzene rings is 1. The molecule has 1 saturated carbocycles. The van der Waals surface area contributed by atoms with E-state index in [4.69, 9.17) is 0 Å². The van der Waals surface area contributed by atoms with Crippen LogP contribution in [0.3, 0.4) is 0 Å². The lowest BCUT2D eigenvalue weighted by Gasteiger charge is -2.35. The van der Waals surface area contributed by atoms with E-state index in [2.05, 4.69) is 41.4 Å². The molecule has 2 nitrogen and oxygen atoms in total. The monoisotopic (exact) mass is 230 g/mol. The first kappa shape index (κ1) is 11.1. The molecule has 0 aromatic heterocycles. The van der Waals surface area contributed by atoms with Gasteiger partial charge in [-0.1, -0.05) is 19.1 Å². The molecule has 2 aliphatic rings. The maximum absolute atomic E-state index is 3.67. The summed E-state index contributed by atoms with van der Waals surface area (Å²) < 4.78 is 0. The van der Waals surface area contributed by atoms with Gasteiger partial charge in [-0.3, -0.25) is 0 Å². The van der Waals surface area contributed by atoms with Crippen LogP contribution in [0.5, 0.6) is 0 Å². The average Bonchev–Trinajstić information content (AvgIpc) is 3.23. The minimum absolute atomic E-state index is 0.731. The molecule has 1 atom stereocenters. The maximum Gasteiger partial charge on any atom is 0.0369 e. The van der Waals surface area contributed by atoms with Crippen molar-refractivity contribution < 1.29 is 0 Å². The predicted molar refractivity (Wildman–Crippen MR) is 72.5 cm³/mol. The van der Waals surface area contributed by atoms with Crippen molar-refractivity contribution in [2.24, 2.45) is 5.92 Å². The molecule has 2 heteroatoms. The number of aryl methyl sites for hydroxylation is 1. The van der Waals surface area contributed by atoms with E-state index in [-0.39, 0.29) is 0 Å². The SMILES string of the molecule is CCc1cccc(N2CCNC(C3CC3)C2)c1. The van der Waals surface area contributed by atoms with Crippen molar-refractivity contribution >= 4 is 5.69 Å². The van der Waals surface area contributed by atoms with Crippen molar-refractivity contribution in [3.8, 4) is 0 Å². The molecule has 2 fully saturated rings. The molecule has 92 valence electrons. The van der Waals surface area contributed by atoms with Crippen LogP contribution in [-0.2, 0) is 6.42 Å². The van der Waals surface area contributed by atoms with E-state index in [0.717, 1.165) is 31.5 Å². The number of nitrogens with zero attached hydrogens (tertiary/aromatic N) is 1. The first-order valence-electron chi connectivity index (χ1n) is 6.94. The summed E-state index contributed by atoms with van der Waals surface area (Å²) in [5.74, 6) is 0.951. The zero-order valence-electron chi connectivity index (χ0n) is 10.7. The van der Waals surface area contributed by atoms with Crippen molar-refractivity contribution in [3.63, 3.8) is 0 Å². The number of anilines is 1. The van der Waals surface area contributed by atoms with Crippen LogP contribution in [0.25, 0.3) is 0 Å². The molecule has 1 aliphatic heterocycles. The summed E-state index contributed by atoms with van der Waals surface area (Å²) in [6.45, 7) is 5.70. The minimum atomic E-state index is 0.731. The summed E-state index contributed by atoms with van der Waals surface area (Å²) >= 11 is 0. The van der Waals surface area contributed by atoms with Gasteiger partial charge in [-0.15, -0.1) is 0 Å². The molecule has 0 amide bonds. The summed E-state index contributed by atoms with van der Waals surface area (Å²) in [6, 6.07) is 9.77. The Morgan fingerprint density at radius 3 is 3.00 bits per heavy atom. The van der Waals surface area contributed by atoms with Crippen molar-refractivity contribution in [1.29, 1.82) is 0 Å². The minimum Gasteiger partial charge on any atom is -0.369 e. The van der Waals surface area contributed by atoms with E-state index in [1.54, 1.807) is 0 Å². The van der Waals surface area contributed by atoms with Crippen LogP contribution >= 0.6 is 0 Å². The Hall–Kier alpha value is -1.02. The zero-order valence-corrected chi connectivity index (χ0v) is 10.7. The molecule has 1 heterocycles. The molecule has 1 saturated heterocycles. The highest BCUT2D eigenvalue weighted by Crippen LogP contribution is 2.34. The van der Waals surface area contributed by atoms with Gasteiger partial charge >= 0.3 is 0 Å². The lowest BCUT2D eigenvalue weighted by atomic mass is 10.1. The molecular weight excluding hydrogens is 208 g/mol. The zero-order chi connectivity index (χ0) is 11.7. The van der Waals surface area contributed by atoms with E-state index in [1.165, 1.54) is 30.6 Å². The molecule has 3 rings (SSSR count). The predicted octanol–water partition coefficient (Wildman–Crippen LogP) is 2.44. The quantitative estimate of drug-likeness (QED) is 0.858. The van der Waals surface area contributed by atoms with Crippen LogP contribution in [-0.4, -0.2) is 25.7 Å². The lowest BCUT2D eigenvalue weighted by Crippen LogP contribution is -2.51. The summed E-state index contributed by atoms with van der Waals surface area (Å²) in [5.41, 5.74) is 2.86. The van der Waals surface area contributed by atoms with Crippen LogP contribution in [0.4, 0.5) is 5.69 Å². The summed E-state index contributed by atoms with van der Waals surface area (Å²) in [7, 11) is 0. The Bertz CT molecular complexity index is 384. The Kier molecular flexibility index (Phi) is 3.06. The normalized spacial score (nSPS) is 25.0. The third-order valence-electron chi connectivity index (χ3n) is 4.08. The molecule has 0 radical (unpaired) electrons. The third kappa shape index (κ3) is 2.47. The van der Waals surface area contributed by atoms with Crippen LogP contribution in [0.2, 0.25) is 0 Å². The van der Waals surface area contributed by atoms with E-state index in [1.807, 2.05) is 0 Å². The molecule has 1 unspecified atom stereocenters. The average molecular weight is 230 g/mol. The van der Waals surface area contributed by atoms with Gasteiger partial charge in [0.15, 0.2) is 0 Å². The fourth-order valence-electron chi connectivity index (χ4n) is 2.80. The number of hydrogen-bond acceptors (Lipinski definition) is 2. The molecular formula is C15H22N2. The summed E-state index contributed by atoms with van der Waals surface area (Å²) in [6.07, 6.45) is 3.99. The summed E-state index contributed by atoms with van der Waals surface area (Å²) in [4.78, 5) is 2.55. The number of piperazine rings is 1. The van der Waals surface area contributed by atoms with Crippen LogP contribution in [0, 0.1) is 5.92 Å². The van der Waals surface area contributed by atoms with Crippen LogP contribution in [0.15, 0.2) is 24.3 Å². The fourth-order valence-corrected chi connectivity index (χ4v) is 2.80. The number of nitrogens with one attached hydrogen (secondary N) is 1. The summed E-state index contributed by atoms with van der Waals surface area (Å²) in [5, 5.41) is 3.67. The van der Waals surface area contributed by atoms with Crippen molar-refractivity contribution in [3.05, 3.63) is 29.8 Å². The van der Waals surface area contributed by atoms with Crippen LogP contribution in [0.1, 0.15) is 25.3 Å². The Labute approximate surface area is 104 Å². The second-order valence-corrected chi connectivity index (χ2v) is 5.37. The number of rotatable bonds is 3.